The van der Waals surface area contributed by atoms with Crippen molar-refractivity contribution in [1.82, 2.24) is 5.32 Å². The largest absolute Gasteiger partial charge is 0.490 e. The lowest BCUT2D eigenvalue weighted by Crippen LogP contribution is -2.40. The van der Waals surface area contributed by atoms with Gasteiger partial charge in [0, 0.05) is 12.7 Å². The summed E-state index contributed by atoms with van der Waals surface area (Å²) in [7, 11) is 1.73. The molecule has 3 heteroatoms. The van der Waals surface area contributed by atoms with Crippen molar-refractivity contribution in [2.45, 2.75) is 19.1 Å². The van der Waals surface area contributed by atoms with Gasteiger partial charge in [-0.3, -0.25) is 0 Å². The molecule has 1 heterocycles. The molecule has 0 saturated heterocycles. The van der Waals surface area contributed by atoms with E-state index in [0.29, 0.717) is 6.61 Å². The highest BCUT2D eigenvalue weighted by molar-refractivity contribution is 5.38. The van der Waals surface area contributed by atoms with Crippen LogP contribution >= 0.6 is 0 Å². The molecule has 1 aliphatic rings. The highest BCUT2D eigenvalue weighted by atomic mass is 16.5. The lowest BCUT2D eigenvalue weighted by Gasteiger charge is -2.33. The maximum atomic E-state index is 5.64. The van der Waals surface area contributed by atoms with Gasteiger partial charge in [0.2, 0.25) is 0 Å². The zero-order valence-electron chi connectivity index (χ0n) is 9.19. The minimum absolute atomic E-state index is 0.0971. The van der Waals surface area contributed by atoms with Crippen molar-refractivity contribution in [1.29, 1.82) is 0 Å². The van der Waals surface area contributed by atoms with Gasteiger partial charge < -0.3 is 14.8 Å². The van der Waals surface area contributed by atoms with Gasteiger partial charge in [-0.25, -0.2) is 0 Å². The van der Waals surface area contributed by atoms with Crippen molar-refractivity contribution < 1.29 is 9.47 Å². The molecule has 0 bridgehead atoms. The van der Waals surface area contributed by atoms with E-state index in [2.05, 4.69) is 18.3 Å². The number of methoxy groups -OCH3 is 1. The summed E-state index contributed by atoms with van der Waals surface area (Å²) >= 11 is 0. The van der Waals surface area contributed by atoms with E-state index in [0.717, 1.165) is 12.3 Å². The van der Waals surface area contributed by atoms with Gasteiger partial charge in [0.05, 0.1) is 6.04 Å². The summed E-state index contributed by atoms with van der Waals surface area (Å²) in [6, 6.07) is 8.36. The Labute approximate surface area is 90.4 Å². The second-order valence-corrected chi connectivity index (χ2v) is 3.66. The molecule has 0 spiro atoms. The number of ether oxygens (including phenoxy) is 2. The normalized spacial score (nSPS) is 24.4. The molecular formula is C12H17NO2. The Morgan fingerprint density at radius 3 is 3.00 bits per heavy atom. The number of benzene rings is 1. The van der Waals surface area contributed by atoms with Crippen molar-refractivity contribution in [2.24, 2.45) is 0 Å². The first-order valence-corrected chi connectivity index (χ1v) is 5.34. The molecule has 0 amide bonds. The predicted octanol–water partition coefficient (Wildman–Crippen LogP) is 1.74. The lowest BCUT2D eigenvalue weighted by molar-refractivity contribution is 0.0161. The minimum atomic E-state index is 0.0971. The third kappa shape index (κ3) is 1.98. The fraction of sp³-hybridized carbons (Fsp3) is 0.500. The van der Waals surface area contributed by atoms with Crippen LogP contribution in [0.1, 0.15) is 18.5 Å². The van der Waals surface area contributed by atoms with E-state index in [9.17, 15) is 0 Å². The topological polar surface area (TPSA) is 30.5 Å². The van der Waals surface area contributed by atoms with Crippen LogP contribution in [0.3, 0.4) is 0 Å². The number of para-hydroxylation sites is 1. The zero-order chi connectivity index (χ0) is 10.7. The molecule has 0 aromatic heterocycles. The van der Waals surface area contributed by atoms with Gasteiger partial charge in [-0.15, -0.1) is 0 Å². The molecule has 3 nitrogen and oxygen atoms in total. The van der Waals surface area contributed by atoms with Gasteiger partial charge >= 0.3 is 0 Å². The molecule has 15 heavy (non-hydrogen) atoms. The predicted molar refractivity (Wildman–Crippen MR) is 59.2 cm³/mol. The molecule has 2 unspecified atom stereocenters. The molecule has 1 aliphatic heterocycles. The fourth-order valence-corrected chi connectivity index (χ4v) is 2.00. The third-order valence-electron chi connectivity index (χ3n) is 2.76. The molecule has 1 aromatic rings. The van der Waals surface area contributed by atoms with E-state index in [1.807, 2.05) is 18.2 Å². The number of likely N-dealkylation sites (N-methyl/N-ethyl adjacent to an activating group) is 1. The van der Waals surface area contributed by atoms with E-state index >= 15 is 0 Å². The van der Waals surface area contributed by atoms with Crippen LogP contribution in [0, 0.1) is 0 Å². The molecule has 82 valence electrons. The molecule has 1 N–H and O–H groups in total. The maximum absolute atomic E-state index is 5.64. The summed E-state index contributed by atoms with van der Waals surface area (Å²) in [4.78, 5) is 0. The Morgan fingerprint density at radius 2 is 2.27 bits per heavy atom. The van der Waals surface area contributed by atoms with Crippen LogP contribution in [-0.4, -0.2) is 26.4 Å². The average Bonchev–Trinajstić information content (AvgIpc) is 2.30. The van der Waals surface area contributed by atoms with Crippen LogP contribution in [0.5, 0.6) is 5.75 Å². The first-order chi connectivity index (χ1) is 7.36. The summed E-state index contributed by atoms with van der Waals surface area (Å²) in [5.74, 6) is 0.969. The summed E-state index contributed by atoms with van der Waals surface area (Å²) in [6.45, 7) is 3.65. The van der Waals surface area contributed by atoms with Crippen molar-refractivity contribution in [3.8, 4) is 5.75 Å². The van der Waals surface area contributed by atoms with Crippen LogP contribution in [0.15, 0.2) is 24.3 Å². The van der Waals surface area contributed by atoms with Crippen LogP contribution in [-0.2, 0) is 4.74 Å². The second-order valence-electron chi connectivity index (χ2n) is 3.66. The first kappa shape index (κ1) is 10.5. The summed E-state index contributed by atoms with van der Waals surface area (Å²) in [5, 5.41) is 3.44. The van der Waals surface area contributed by atoms with Gasteiger partial charge in [-0.1, -0.05) is 25.1 Å². The lowest BCUT2D eigenvalue weighted by atomic mass is 9.98. The maximum Gasteiger partial charge on any atom is 0.124 e. The van der Waals surface area contributed by atoms with Crippen LogP contribution in [0.25, 0.3) is 0 Å². The van der Waals surface area contributed by atoms with E-state index < -0.39 is 0 Å². The van der Waals surface area contributed by atoms with Crippen molar-refractivity contribution >= 4 is 0 Å². The van der Waals surface area contributed by atoms with Gasteiger partial charge in [0.15, 0.2) is 0 Å². The van der Waals surface area contributed by atoms with E-state index in [4.69, 9.17) is 9.47 Å². The number of hydrogen-bond acceptors (Lipinski definition) is 3. The minimum Gasteiger partial charge on any atom is -0.490 e. The summed E-state index contributed by atoms with van der Waals surface area (Å²) in [6.07, 6.45) is 0.0971. The van der Waals surface area contributed by atoms with Crippen molar-refractivity contribution in [3.63, 3.8) is 0 Å². The number of rotatable bonds is 3. The molecule has 1 aromatic carbocycles. The average molecular weight is 207 g/mol. The van der Waals surface area contributed by atoms with Gasteiger partial charge in [-0.2, -0.15) is 0 Å². The molecule has 0 saturated carbocycles. The quantitative estimate of drug-likeness (QED) is 0.819. The first-order valence-electron chi connectivity index (χ1n) is 5.34. The highest BCUT2D eigenvalue weighted by Crippen LogP contribution is 2.32. The van der Waals surface area contributed by atoms with E-state index in [1.165, 1.54) is 5.56 Å². The summed E-state index contributed by atoms with van der Waals surface area (Å²) < 4.78 is 11.1. The Bertz CT molecular complexity index is 327. The Morgan fingerprint density at radius 1 is 1.47 bits per heavy atom. The van der Waals surface area contributed by atoms with Gasteiger partial charge in [-0.05, 0) is 12.6 Å². The number of hydrogen-bond donors (Lipinski definition) is 1. The Balaban J connectivity index is 2.29. The molecule has 0 radical (unpaired) electrons. The zero-order valence-corrected chi connectivity index (χ0v) is 9.19. The van der Waals surface area contributed by atoms with Crippen molar-refractivity contribution in [2.75, 3.05) is 20.3 Å². The smallest absolute Gasteiger partial charge is 0.124 e. The van der Waals surface area contributed by atoms with Crippen LogP contribution in [0.4, 0.5) is 0 Å². The second kappa shape index (κ2) is 4.64. The van der Waals surface area contributed by atoms with Gasteiger partial charge in [0.25, 0.3) is 0 Å². The molecule has 2 rings (SSSR count). The number of fused-ring (bicyclic) bond motifs is 1. The molecule has 0 fully saturated rings. The summed E-state index contributed by atoms with van der Waals surface area (Å²) in [5.41, 5.74) is 1.19. The van der Waals surface area contributed by atoms with Gasteiger partial charge in [0.1, 0.15) is 18.5 Å². The number of nitrogens with one attached hydrogen (secondary N) is 1. The third-order valence-corrected chi connectivity index (χ3v) is 2.76. The highest BCUT2D eigenvalue weighted by Gasteiger charge is 2.29. The monoisotopic (exact) mass is 207 g/mol. The SMILES string of the molecule is CCNC1c2ccccc2OCC1OC. The Kier molecular flexibility index (Phi) is 3.23. The van der Waals surface area contributed by atoms with E-state index in [1.54, 1.807) is 7.11 Å². The molecular weight excluding hydrogens is 190 g/mol. The van der Waals surface area contributed by atoms with Crippen molar-refractivity contribution in [3.05, 3.63) is 29.8 Å². The molecule has 0 aliphatic carbocycles. The Hall–Kier alpha value is -1.06. The van der Waals surface area contributed by atoms with Crippen LogP contribution in [0.2, 0.25) is 0 Å². The van der Waals surface area contributed by atoms with E-state index in [-0.39, 0.29) is 12.1 Å². The standard InChI is InChI=1S/C12H17NO2/c1-3-13-12-9-6-4-5-7-10(9)15-8-11(12)14-2/h4-7,11-13H,3,8H2,1-2H3. The molecule has 2 atom stereocenters. The van der Waals surface area contributed by atoms with Crippen LogP contribution < -0.4 is 10.1 Å². The fourth-order valence-electron chi connectivity index (χ4n) is 2.00.